The Morgan fingerprint density at radius 1 is 1.50 bits per heavy atom. The van der Waals surface area contributed by atoms with Crippen molar-refractivity contribution >= 4 is 28.3 Å². The van der Waals surface area contributed by atoms with Gasteiger partial charge in [0.2, 0.25) is 0 Å². The van der Waals surface area contributed by atoms with Crippen LogP contribution in [0.4, 0.5) is 5.69 Å². The predicted molar refractivity (Wildman–Crippen MR) is 71.9 cm³/mol. The molecule has 4 nitrogen and oxygen atoms in total. The van der Waals surface area contributed by atoms with E-state index >= 15 is 0 Å². The average molecular weight is 329 g/mol. The van der Waals surface area contributed by atoms with Crippen molar-refractivity contribution in [3.63, 3.8) is 0 Å². The zero-order chi connectivity index (χ0) is 11.5. The summed E-state index contributed by atoms with van der Waals surface area (Å²) in [6, 6.07) is 5.64. The summed E-state index contributed by atoms with van der Waals surface area (Å²) in [6.45, 7) is 2.53. The number of benzene rings is 1. The van der Waals surface area contributed by atoms with Crippen LogP contribution in [0, 0.1) is 3.57 Å². The Balaban J connectivity index is 2.39. The van der Waals surface area contributed by atoms with Crippen LogP contribution < -0.4 is 10.5 Å². The van der Waals surface area contributed by atoms with Gasteiger partial charge in [-0.15, -0.1) is 0 Å². The molecule has 2 aromatic rings. The first kappa shape index (κ1) is 11.3. The lowest BCUT2D eigenvalue weighted by molar-refractivity contribution is 0.342. The highest BCUT2D eigenvalue weighted by Gasteiger charge is 2.04. The third kappa shape index (κ3) is 2.29. The van der Waals surface area contributed by atoms with Gasteiger partial charge in [0.25, 0.3) is 0 Å². The van der Waals surface area contributed by atoms with Crippen LogP contribution in [-0.4, -0.2) is 16.4 Å². The second kappa shape index (κ2) is 4.73. The molecule has 0 saturated carbocycles. The Kier molecular flexibility index (Phi) is 3.33. The monoisotopic (exact) mass is 329 g/mol. The summed E-state index contributed by atoms with van der Waals surface area (Å²) in [5.74, 6) is 0.700. The van der Waals surface area contributed by atoms with E-state index in [-0.39, 0.29) is 0 Å². The Hall–Kier alpha value is -1.24. The highest BCUT2D eigenvalue weighted by molar-refractivity contribution is 14.1. The van der Waals surface area contributed by atoms with Crippen LogP contribution in [0.1, 0.15) is 6.92 Å². The highest BCUT2D eigenvalue weighted by atomic mass is 127. The molecule has 0 saturated heterocycles. The van der Waals surface area contributed by atoms with Gasteiger partial charge in [-0.05, 0) is 41.6 Å². The summed E-state index contributed by atoms with van der Waals surface area (Å²) >= 11 is 2.22. The molecule has 1 aromatic carbocycles. The smallest absolute Gasteiger partial charge is 0.144 e. The molecule has 2 rings (SSSR count). The molecular formula is C11H12IN3O. The Morgan fingerprint density at radius 2 is 2.31 bits per heavy atom. The van der Waals surface area contributed by atoms with Crippen molar-refractivity contribution in [1.82, 2.24) is 9.78 Å². The van der Waals surface area contributed by atoms with Gasteiger partial charge < -0.3 is 10.5 Å². The van der Waals surface area contributed by atoms with Crippen LogP contribution >= 0.6 is 22.6 Å². The van der Waals surface area contributed by atoms with Crippen molar-refractivity contribution in [2.45, 2.75) is 6.92 Å². The van der Waals surface area contributed by atoms with Gasteiger partial charge in [-0.3, -0.25) is 0 Å². The van der Waals surface area contributed by atoms with Gasteiger partial charge in [-0.2, -0.15) is 5.10 Å². The van der Waals surface area contributed by atoms with Crippen LogP contribution in [0.5, 0.6) is 5.75 Å². The number of nitrogens with two attached hydrogens (primary N) is 1. The minimum atomic E-state index is 0.601. The topological polar surface area (TPSA) is 53.1 Å². The lowest BCUT2D eigenvalue weighted by Gasteiger charge is -2.08. The summed E-state index contributed by atoms with van der Waals surface area (Å²) in [4.78, 5) is 0. The number of hydrogen-bond donors (Lipinski definition) is 1. The van der Waals surface area contributed by atoms with Crippen LogP contribution in [-0.2, 0) is 0 Å². The number of aromatic nitrogens is 2. The molecular weight excluding hydrogens is 317 g/mol. The summed E-state index contributed by atoms with van der Waals surface area (Å²) < 4.78 is 8.32. The van der Waals surface area contributed by atoms with Gasteiger partial charge in [0.1, 0.15) is 5.75 Å². The van der Waals surface area contributed by atoms with E-state index in [1.165, 1.54) is 0 Å². The van der Waals surface area contributed by atoms with Gasteiger partial charge in [0.15, 0.2) is 0 Å². The van der Waals surface area contributed by atoms with Crippen LogP contribution in [0.3, 0.4) is 0 Å². The minimum absolute atomic E-state index is 0.601. The second-order valence-corrected chi connectivity index (χ2v) is 4.50. The fourth-order valence-electron chi connectivity index (χ4n) is 1.39. The Labute approximate surface area is 108 Å². The van der Waals surface area contributed by atoms with E-state index < -0.39 is 0 Å². The normalized spacial score (nSPS) is 10.4. The number of nitrogen functional groups attached to an aromatic ring is 1. The highest BCUT2D eigenvalue weighted by Crippen LogP contribution is 2.24. The van der Waals surface area contributed by atoms with Crippen molar-refractivity contribution in [1.29, 1.82) is 0 Å². The van der Waals surface area contributed by atoms with Gasteiger partial charge in [0, 0.05) is 12.3 Å². The van der Waals surface area contributed by atoms with Crippen LogP contribution in [0.2, 0.25) is 0 Å². The second-order valence-electron chi connectivity index (χ2n) is 3.26. The first-order chi connectivity index (χ1) is 7.70. The zero-order valence-corrected chi connectivity index (χ0v) is 11.0. The van der Waals surface area contributed by atoms with Crippen molar-refractivity contribution in [2.24, 2.45) is 0 Å². The van der Waals surface area contributed by atoms with E-state index in [4.69, 9.17) is 10.5 Å². The third-order valence-corrected chi connectivity index (χ3v) is 2.67. The average Bonchev–Trinajstić information content (AvgIpc) is 2.69. The zero-order valence-electron chi connectivity index (χ0n) is 8.85. The van der Waals surface area contributed by atoms with Crippen molar-refractivity contribution in [3.05, 3.63) is 34.2 Å². The SMILES string of the molecule is CCOc1cc(-n2cc(I)cn2)ccc1N. The quantitative estimate of drug-likeness (QED) is 0.695. The Bertz CT molecular complexity index is 496. The molecule has 0 radical (unpaired) electrons. The number of hydrogen-bond acceptors (Lipinski definition) is 3. The largest absolute Gasteiger partial charge is 0.492 e. The number of nitrogens with zero attached hydrogens (tertiary/aromatic N) is 2. The third-order valence-electron chi connectivity index (χ3n) is 2.11. The molecule has 0 fully saturated rings. The van der Waals surface area contributed by atoms with E-state index in [0.717, 1.165) is 9.26 Å². The molecule has 0 atom stereocenters. The maximum absolute atomic E-state index is 5.80. The maximum atomic E-state index is 5.80. The Morgan fingerprint density at radius 3 is 2.94 bits per heavy atom. The number of ether oxygens (including phenoxy) is 1. The number of halogens is 1. The summed E-state index contributed by atoms with van der Waals surface area (Å²) in [6.07, 6.45) is 3.75. The summed E-state index contributed by atoms with van der Waals surface area (Å²) in [7, 11) is 0. The molecule has 0 spiro atoms. The van der Waals surface area contributed by atoms with Gasteiger partial charge in [-0.1, -0.05) is 0 Å². The standard InChI is InChI=1S/C11H12IN3O/c1-2-16-11-5-9(3-4-10(11)13)15-7-8(12)6-14-15/h3-7H,2,13H2,1H3. The summed E-state index contributed by atoms with van der Waals surface area (Å²) in [5.41, 5.74) is 7.39. The number of anilines is 1. The predicted octanol–water partition coefficient (Wildman–Crippen LogP) is 2.46. The lowest BCUT2D eigenvalue weighted by atomic mass is 10.2. The molecule has 5 heteroatoms. The molecule has 84 valence electrons. The fraction of sp³-hybridized carbons (Fsp3) is 0.182. The van der Waals surface area contributed by atoms with E-state index in [1.807, 2.05) is 31.3 Å². The molecule has 0 bridgehead atoms. The van der Waals surface area contributed by atoms with E-state index in [1.54, 1.807) is 10.9 Å². The molecule has 2 N–H and O–H groups in total. The molecule has 16 heavy (non-hydrogen) atoms. The first-order valence-corrected chi connectivity index (χ1v) is 6.01. The van der Waals surface area contributed by atoms with Crippen LogP contribution in [0.15, 0.2) is 30.6 Å². The molecule has 1 aromatic heterocycles. The molecule has 0 aliphatic carbocycles. The van der Waals surface area contributed by atoms with Crippen molar-refractivity contribution in [3.8, 4) is 11.4 Å². The van der Waals surface area contributed by atoms with Crippen LogP contribution in [0.25, 0.3) is 5.69 Å². The molecule has 0 aliphatic rings. The van der Waals surface area contributed by atoms with Gasteiger partial charge in [0.05, 0.1) is 27.7 Å². The first-order valence-electron chi connectivity index (χ1n) is 4.93. The fourth-order valence-corrected chi connectivity index (χ4v) is 1.78. The molecule has 0 unspecified atom stereocenters. The van der Waals surface area contributed by atoms with E-state index in [9.17, 15) is 0 Å². The van der Waals surface area contributed by atoms with E-state index in [2.05, 4.69) is 27.7 Å². The minimum Gasteiger partial charge on any atom is -0.492 e. The van der Waals surface area contributed by atoms with Crippen molar-refractivity contribution < 1.29 is 4.74 Å². The molecule has 1 heterocycles. The van der Waals surface area contributed by atoms with Gasteiger partial charge in [-0.25, -0.2) is 4.68 Å². The lowest BCUT2D eigenvalue weighted by Crippen LogP contribution is -2.00. The number of rotatable bonds is 3. The van der Waals surface area contributed by atoms with Crippen molar-refractivity contribution in [2.75, 3.05) is 12.3 Å². The summed E-state index contributed by atoms with van der Waals surface area (Å²) in [5, 5.41) is 4.23. The van der Waals surface area contributed by atoms with Gasteiger partial charge >= 0.3 is 0 Å². The molecule has 0 aliphatic heterocycles. The van der Waals surface area contributed by atoms with E-state index in [0.29, 0.717) is 18.0 Å². The maximum Gasteiger partial charge on any atom is 0.144 e. The molecule has 0 amide bonds.